The van der Waals surface area contributed by atoms with Crippen LogP contribution in [-0.2, 0) is 4.79 Å². The first-order valence-corrected chi connectivity index (χ1v) is 5.92. The van der Waals surface area contributed by atoms with Gasteiger partial charge in [0.05, 0.1) is 13.7 Å². The average Bonchev–Trinajstić information content (AvgIpc) is 2.38. The fraction of sp³-hybridized carbons (Fsp3) is 0.462. The van der Waals surface area contributed by atoms with Crippen molar-refractivity contribution < 1.29 is 19.4 Å². The molecule has 100 valence electrons. The van der Waals surface area contributed by atoms with E-state index in [0.29, 0.717) is 36.6 Å². The average molecular weight is 253 g/mol. The topological polar surface area (TPSA) is 67.8 Å². The summed E-state index contributed by atoms with van der Waals surface area (Å²) in [4.78, 5) is 11.5. The zero-order valence-corrected chi connectivity index (χ0v) is 10.7. The van der Waals surface area contributed by atoms with Gasteiger partial charge in [-0.3, -0.25) is 4.79 Å². The molecule has 0 fully saturated rings. The van der Waals surface area contributed by atoms with Crippen molar-refractivity contribution in [3.8, 4) is 11.5 Å². The van der Waals surface area contributed by atoms with E-state index in [1.165, 1.54) is 0 Å². The minimum Gasteiger partial charge on any atom is -0.493 e. The maximum atomic E-state index is 11.5. The monoisotopic (exact) mass is 253 g/mol. The van der Waals surface area contributed by atoms with Crippen molar-refractivity contribution in [2.45, 2.75) is 19.8 Å². The van der Waals surface area contributed by atoms with Crippen LogP contribution < -0.4 is 14.8 Å². The highest BCUT2D eigenvalue weighted by Crippen LogP contribution is 2.30. The van der Waals surface area contributed by atoms with Crippen LogP contribution in [0.4, 0.5) is 5.69 Å². The summed E-state index contributed by atoms with van der Waals surface area (Å²) in [6.45, 7) is 2.46. The minimum atomic E-state index is -0.129. The van der Waals surface area contributed by atoms with Crippen molar-refractivity contribution in [1.82, 2.24) is 0 Å². The van der Waals surface area contributed by atoms with Gasteiger partial charge in [0.15, 0.2) is 11.5 Å². The second-order valence-corrected chi connectivity index (χ2v) is 3.67. The Labute approximate surface area is 107 Å². The maximum Gasteiger partial charge on any atom is 0.224 e. The summed E-state index contributed by atoms with van der Waals surface area (Å²) >= 11 is 0. The van der Waals surface area contributed by atoms with E-state index in [1.807, 2.05) is 6.92 Å². The molecule has 0 radical (unpaired) electrons. The largest absolute Gasteiger partial charge is 0.493 e. The molecule has 0 atom stereocenters. The Kier molecular flexibility index (Phi) is 6.00. The van der Waals surface area contributed by atoms with Gasteiger partial charge >= 0.3 is 0 Å². The van der Waals surface area contributed by atoms with Gasteiger partial charge in [-0.05, 0) is 25.5 Å². The predicted octanol–water partition coefficient (Wildman–Crippen LogP) is 1.80. The molecule has 1 aromatic carbocycles. The van der Waals surface area contributed by atoms with E-state index in [-0.39, 0.29) is 12.5 Å². The highest BCUT2D eigenvalue weighted by atomic mass is 16.5. The van der Waals surface area contributed by atoms with E-state index in [4.69, 9.17) is 14.6 Å². The number of carbonyl (C=O) groups excluding carboxylic acids is 1. The molecule has 0 aliphatic rings. The molecule has 0 bridgehead atoms. The van der Waals surface area contributed by atoms with E-state index in [9.17, 15) is 4.79 Å². The Morgan fingerprint density at radius 3 is 2.78 bits per heavy atom. The van der Waals surface area contributed by atoms with Crippen molar-refractivity contribution in [1.29, 1.82) is 0 Å². The van der Waals surface area contributed by atoms with E-state index < -0.39 is 0 Å². The molecule has 0 aromatic heterocycles. The van der Waals surface area contributed by atoms with Crippen LogP contribution in [0.1, 0.15) is 19.8 Å². The lowest BCUT2D eigenvalue weighted by Gasteiger charge is -2.11. The van der Waals surface area contributed by atoms with Crippen LogP contribution >= 0.6 is 0 Å². The van der Waals surface area contributed by atoms with Crippen molar-refractivity contribution in [3.05, 3.63) is 18.2 Å². The van der Waals surface area contributed by atoms with Crippen LogP contribution in [0, 0.1) is 0 Å². The third kappa shape index (κ3) is 4.25. The summed E-state index contributed by atoms with van der Waals surface area (Å²) in [6.07, 6.45) is 0.756. The highest BCUT2D eigenvalue weighted by molar-refractivity contribution is 5.91. The number of amides is 1. The maximum absolute atomic E-state index is 11.5. The molecule has 0 aliphatic carbocycles. The third-order valence-corrected chi connectivity index (χ3v) is 2.31. The van der Waals surface area contributed by atoms with Crippen LogP contribution in [0.3, 0.4) is 0 Å². The molecule has 0 unspecified atom stereocenters. The Balaban J connectivity index is 2.69. The van der Waals surface area contributed by atoms with Crippen LogP contribution in [0.5, 0.6) is 11.5 Å². The van der Waals surface area contributed by atoms with Gasteiger partial charge in [-0.15, -0.1) is 0 Å². The molecule has 0 saturated heterocycles. The second kappa shape index (κ2) is 7.55. The fourth-order valence-corrected chi connectivity index (χ4v) is 1.48. The first kappa shape index (κ1) is 14.3. The molecular weight excluding hydrogens is 234 g/mol. The summed E-state index contributed by atoms with van der Waals surface area (Å²) in [5.74, 6) is 1.10. The number of aliphatic hydroxyl groups excluding tert-OH is 1. The zero-order valence-electron chi connectivity index (χ0n) is 10.7. The number of rotatable bonds is 7. The molecule has 0 spiro atoms. The van der Waals surface area contributed by atoms with Gasteiger partial charge in [0.25, 0.3) is 0 Å². The zero-order chi connectivity index (χ0) is 13.4. The molecule has 18 heavy (non-hydrogen) atoms. The fourth-order valence-electron chi connectivity index (χ4n) is 1.48. The Hall–Kier alpha value is -1.75. The number of hydrogen-bond donors (Lipinski definition) is 2. The summed E-state index contributed by atoms with van der Waals surface area (Å²) < 4.78 is 10.6. The number of hydrogen-bond acceptors (Lipinski definition) is 4. The molecule has 1 amide bonds. The summed E-state index contributed by atoms with van der Waals surface area (Å²) in [7, 11) is 1.55. The van der Waals surface area contributed by atoms with Crippen molar-refractivity contribution in [3.63, 3.8) is 0 Å². The number of aliphatic hydroxyl groups is 1. The molecule has 5 nitrogen and oxygen atoms in total. The quantitative estimate of drug-likeness (QED) is 0.777. The number of carbonyl (C=O) groups is 1. The normalized spacial score (nSPS) is 9.94. The van der Waals surface area contributed by atoms with Crippen LogP contribution in [-0.4, -0.2) is 31.3 Å². The predicted molar refractivity (Wildman–Crippen MR) is 69.1 cm³/mol. The van der Waals surface area contributed by atoms with Crippen LogP contribution in [0.25, 0.3) is 0 Å². The lowest BCUT2D eigenvalue weighted by Crippen LogP contribution is -2.11. The number of ether oxygens (including phenoxy) is 2. The van der Waals surface area contributed by atoms with Gasteiger partial charge in [-0.1, -0.05) is 0 Å². The molecule has 0 heterocycles. The molecule has 5 heteroatoms. The Morgan fingerprint density at radius 2 is 2.17 bits per heavy atom. The van der Waals surface area contributed by atoms with Gasteiger partial charge in [0.1, 0.15) is 0 Å². The molecule has 2 N–H and O–H groups in total. The summed E-state index contributed by atoms with van der Waals surface area (Å²) in [6, 6.07) is 5.22. The van der Waals surface area contributed by atoms with Gasteiger partial charge in [0, 0.05) is 24.8 Å². The lowest BCUT2D eigenvalue weighted by molar-refractivity contribution is -0.116. The summed E-state index contributed by atoms with van der Waals surface area (Å²) in [5, 5.41) is 11.4. The molecule has 0 aliphatic heterocycles. The van der Waals surface area contributed by atoms with Crippen LogP contribution in [0.15, 0.2) is 18.2 Å². The van der Waals surface area contributed by atoms with Gasteiger partial charge in [-0.2, -0.15) is 0 Å². The standard InChI is InChI=1S/C13H19NO4/c1-3-18-11-7-6-10(9-12(11)17-2)14-13(16)5-4-8-15/h6-7,9,15H,3-5,8H2,1-2H3,(H,14,16). The van der Waals surface area contributed by atoms with Crippen molar-refractivity contribution >= 4 is 11.6 Å². The van der Waals surface area contributed by atoms with E-state index in [2.05, 4.69) is 5.32 Å². The van der Waals surface area contributed by atoms with E-state index in [0.717, 1.165) is 0 Å². The highest BCUT2D eigenvalue weighted by Gasteiger charge is 2.07. The van der Waals surface area contributed by atoms with Crippen LogP contribution in [0.2, 0.25) is 0 Å². The van der Waals surface area contributed by atoms with Gasteiger partial charge in [-0.25, -0.2) is 0 Å². The number of methoxy groups -OCH3 is 1. The van der Waals surface area contributed by atoms with E-state index >= 15 is 0 Å². The molecular formula is C13H19NO4. The SMILES string of the molecule is CCOc1ccc(NC(=O)CCCO)cc1OC. The Bertz CT molecular complexity index is 393. The molecule has 1 rings (SSSR count). The first-order valence-electron chi connectivity index (χ1n) is 5.92. The van der Waals surface area contributed by atoms with Gasteiger partial charge < -0.3 is 19.9 Å². The van der Waals surface area contributed by atoms with Gasteiger partial charge in [0.2, 0.25) is 5.91 Å². The number of nitrogens with one attached hydrogen (secondary N) is 1. The van der Waals surface area contributed by atoms with Crippen molar-refractivity contribution in [2.24, 2.45) is 0 Å². The van der Waals surface area contributed by atoms with Crippen molar-refractivity contribution in [2.75, 3.05) is 25.6 Å². The minimum absolute atomic E-state index is 0.0139. The first-order chi connectivity index (χ1) is 8.71. The summed E-state index contributed by atoms with van der Waals surface area (Å²) in [5.41, 5.74) is 0.651. The molecule has 1 aromatic rings. The Morgan fingerprint density at radius 1 is 1.39 bits per heavy atom. The van der Waals surface area contributed by atoms with E-state index in [1.54, 1.807) is 25.3 Å². The molecule has 0 saturated carbocycles. The smallest absolute Gasteiger partial charge is 0.224 e. The number of benzene rings is 1. The third-order valence-electron chi connectivity index (χ3n) is 2.31. The lowest BCUT2D eigenvalue weighted by atomic mass is 10.2. The second-order valence-electron chi connectivity index (χ2n) is 3.67. The number of anilines is 1.